The molecule has 0 bridgehead atoms. The minimum atomic E-state index is -1.27. The van der Waals surface area contributed by atoms with Gasteiger partial charge in [0, 0.05) is 24.3 Å². The van der Waals surface area contributed by atoms with Gasteiger partial charge in [0.1, 0.15) is 5.56 Å². The molecule has 1 aliphatic carbocycles. The molecule has 0 heterocycles. The first-order valence-electron chi connectivity index (χ1n) is 5.83. The fourth-order valence-electron chi connectivity index (χ4n) is 2.07. The lowest BCUT2D eigenvalue weighted by atomic mass is 10.1. The van der Waals surface area contributed by atoms with Gasteiger partial charge >= 0.3 is 5.97 Å². The zero-order valence-corrected chi connectivity index (χ0v) is 10.00. The summed E-state index contributed by atoms with van der Waals surface area (Å²) in [7, 11) is 0. The zero-order valence-electron chi connectivity index (χ0n) is 10.00. The molecule has 1 saturated carbocycles. The molecule has 0 unspecified atom stereocenters. The third-order valence-electron chi connectivity index (χ3n) is 3.07. The van der Waals surface area contributed by atoms with E-state index in [4.69, 9.17) is 5.11 Å². The van der Waals surface area contributed by atoms with Crippen LogP contribution in [0, 0.1) is 10.1 Å². The lowest BCUT2D eigenvalue weighted by molar-refractivity contribution is -0.385. The number of carboxylic acid groups (broad SMARTS) is 1. The van der Waals surface area contributed by atoms with E-state index in [0.717, 1.165) is 25.1 Å². The molecule has 1 aromatic carbocycles. The molecule has 6 heteroatoms. The molecule has 0 atom stereocenters. The number of carboxylic acids is 1. The zero-order chi connectivity index (χ0) is 13.3. The van der Waals surface area contributed by atoms with Gasteiger partial charge in [0.2, 0.25) is 0 Å². The highest BCUT2D eigenvalue weighted by Crippen LogP contribution is 2.33. The number of nitro groups is 1. The van der Waals surface area contributed by atoms with E-state index in [-0.39, 0.29) is 11.3 Å². The van der Waals surface area contributed by atoms with Gasteiger partial charge in [-0.05, 0) is 31.9 Å². The predicted molar refractivity (Wildman–Crippen MR) is 66.1 cm³/mol. The molecular formula is C12H14N2O4. The summed E-state index contributed by atoms with van der Waals surface area (Å²) in [6.07, 6.45) is 2.18. The van der Waals surface area contributed by atoms with Crippen LogP contribution in [0.3, 0.4) is 0 Å². The van der Waals surface area contributed by atoms with Gasteiger partial charge in [-0.25, -0.2) is 4.79 Å². The maximum Gasteiger partial charge on any atom is 0.342 e. The number of hydrogen-bond acceptors (Lipinski definition) is 4. The maximum absolute atomic E-state index is 11.1. The van der Waals surface area contributed by atoms with Crippen LogP contribution in [0.4, 0.5) is 11.4 Å². The largest absolute Gasteiger partial charge is 0.477 e. The molecule has 0 aromatic heterocycles. The van der Waals surface area contributed by atoms with E-state index in [1.807, 2.05) is 6.92 Å². The minimum Gasteiger partial charge on any atom is -0.477 e. The number of aromatic carboxylic acids is 1. The number of rotatable bonds is 5. The van der Waals surface area contributed by atoms with Crippen molar-refractivity contribution in [3.05, 3.63) is 33.9 Å². The quantitative estimate of drug-likeness (QED) is 0.640. The highest BCUT2D eigenvalue weighted by Gasteiger charge is 2.29. The molecule has 1 aromatic rings. The van der Waals surface area contributed by atoms with Crippen LogP contribution < -0.4 is 4.90 Å². The molecule has 1 fully saturated rings. The number of benzene rings is 1. The molecule has 1 aliphatic rings. The average Bonchev–Trinajstić information content (AvgIpc) is 3.14. The summed E-state index contributed by atoms with van der Waals surface area (Å²) in [5.74, 6) is -1.27. The van der Waals surface area contributed by atoms with Crippen LogP contribution in [0.25, 0.3) is 0 Å². The molecule has 96 valence electrons. The topological polar surface area (TPSA) is 83.7 Å². The molecule has 0 amide bonds. The Morgan fingerprint density at radius 3 is 2.67 bits per heavy atom. The number of nitrogens with zero attached hydrogens (tertiary/aromatic N) is 2. The Hall–Kier alpha value is -2.11. The first-order valence-corrected chi connectivity index (χ1v) is 5.83. The van der Waals surface area contributed by atoms with Gasteiger partial charge in [-0.3, -0.25) is 10.1 Å². The van der Waals surface area contributed by atoms with Crippen LogP contribution in [0.2, 0.25) is 0 Å². The molecule has 0 saturated heterocycles. The first kappa shape index (κ1) is 12.3. The van der Waals surface area contributed by atoms with Gasteiger partial charge in [-0.15, -0.1) is 0 Å². The summed E-state index contributed by atoms with van der Waals surface area (Å²) >= 11 is 0. The van der Waals surface area contributed by atoms with E-state index >= 15 is 0 Å². The molecule has 0 spiro atoms. The maximum atomic E-state index is 11.1. The predicted octanol–water partition coefficient (Wildman–Crippen LogP) is 2.28. The van der Waals surface area contributed by atoms with Crippen LogP contribution in [0.15, 0.2) is 18.2 Å². The van der Waals surface area contributed by atoms with E-state index in [9.17, 15) is 14.9 Å². The third-order valence-corrected chi connectivity index (χ3v) is 3.07. The standard InChI is InChI=1S/C12H14N2O4/c1-2-13(8-3-4-8)9-5-6-11(14(17)18)10(7-9)12(15)16/h5-8H,2-4H2,1H3,(H,15,16). The number of hydrogen-bond donors (Lipinski definition) is 1. The van der Waals surface area contributed by atoms with Crippen molar-refractivity contribution >= 4 is 17.3 Å². The van der Waals surface area contributed by atoms with Crippen LogP contribution in [0.5, 0.6) is 0 Å². The molecule has 2 rings (SSSR count). The van der Waals surface area contributed by atoms with Crippen LogP contribution >= 0.6 is 0 Å². The summed E-state index contributed by atoms with van der Waals surface area (Å²) in [6.45, 7) is 2.75. The lowest BCUT2D eigenvalue weighted by Gasteiger charge is -2.22. The summed E-state index contributed by atoms with van der Waals surface area (Å²) in [5.41, 5.74) is 0.123. The third kappa shape index (κ3) is 2.27. The fraction of sp³-hybridized carbons (Fsp3) is 0.417. The Kier molecular flexibility index (Phi) is 3.18. The molecule has 1 N–H and O–H groups in total. The van der Waals surface area contributed by atoms with Crippen molar-refractivity contribution in [2.24, 2.45) is 0 Å². The Balaban J connectivity index is 2.41. The van der Waals surface area contributed by atoms with Gasteiger partial charge in [-0.2, -0.15) is 0 Å². The Morgan fingerprint density at radius 1 is 1.56 bits per heavy atom. The van der Waals surface area contributed by atoms with Crippen LogP contribution in [0.1, 0.15) is 30.1 Å². The summed E-state index contributed by atoms with van der Waals surface area (Å²) in [4.78, 5) is 23.2. The van der Waals surface area contributed by atoms with Crippen LogP contribution in [-0.2, 0) is 0 Å². The normalized spacial score (nSPS) is 14.3. The Labute approximate surface area is 104 Å². The van der Waals surface area contributed by atoms with E-state index in [2.05, 4.69) is 4.90 Å². The summed E-state index contributed by atoms with van der Waals surface area (Å²) in [5, 5.41) is 19.8. The minimum absolute atomic E-state index is 0.253. The van der Waals surface area contributed by atoms with Crippen molar-refractivity contribution in [3.63, 3.8) is 0 Å². The number of anilines is 1. The summed E-state index contributed by atoms with van der Waals surface area (Å²) in [6, 6.07) is 4.72. The monoisotopic (exact) mass is 250 g/mol. The Morgan fingerprint density at radius 2 is 2.22 bits per heavy atom. The van der Waals surface area contributed by atoms with Crippen LogP contribution in [-0.4, -0.2) is 28.6 Å². The van der Waals surface area contributed by atoms with Crippen molar-refractivity contribution in [1.82, 2.24) is 0 Å². The van der Waals surface area contributed by atoms with Crippen molar-refractivity contribution in [2.75, 3.05) is 11.4 Å². The van der Waals surface area contributed by atoms with Gasteiger partial charge in [0.05, 0.1) is 4.92 Å². The first-order chi connectivity index (χ1) is 8.54. The summed E-state index contributed by atoms with van der Waals surface area (Å²) < 4.78 is 0. The van der Waals surface area contributed by atoms with E-state index < -0.39 is 10.9 Å². The smallest absolute Gasteiger partial charge is 0.342 e. The van der Waals surface area contributed by atoms with Crippen molar-refractivity contribution in [2.45, 2.75) is 25.8 Å². The van der Waals surface area contributed by atoms with Gasteiger partial charge in [0.15, 0.2) is 0 Å². The highest BCUT2D eigenvalue weighted by atomic mass is 16.6. The second-order valence-corrected chi connectivity index (χ2v) is 4.28. The van der Waals surface area contributed by atoms with Gasteiger partial charge < -0.3 is 10.0 Å². The molecular weight excluding hydrogens is 236 g/mol. The highest BCUT2D eigenvalue weighted by molar-refractivity contribution is 5.93. The Bertz CT molecular complexity index is 497. The molecule has 6 nitrogen and oxygen atoms in total. The molecule has 0 radical (unpaired) electrons. The van der Waals surface area contributed by atoms with Gasteiger partial charge in [-0.1, -0.05) is 0 Å². The fourth-order valence-corrected chi connectivity index (χ4v) is 2.07. The molecule has 18 heavy (non-hydrogen) atoms. The SMILES string of the molecule is CCN(c1ccc([N+](=O)[O-])c(C(=O)O)c1)C1CC1. The van der Waals surface area contributed by atoms with E-state index in [1.165, 1.54) is 12.1 Å². The van der Waals surface area contributed by atoms with Crippen molar-refractivity contribution in [1.29, 1.82) is 0 Å². The second kappa shape index (κ2) is 4.64. The number of nitro benzene ring substituents is 1. The average molecular weight is 250 g/mol. The lowest BCUT2D eigenvalue weighted by Crippen LogP contribution is -2.25. The van der Waals surface area contributed by atoms with Crippen molar-refractivity contribution in [3.8, 4) is 0 Å². The van der Waals surface area contributed by atoms with Crippen molar-refractivity contribution < 1.29 is 14.8 Å². The van der Waals surface area contributed by atoms with Gasteiger partial charge in [0.25, 0.3) is 5.69 Å². The number of carbonyl (C=O) groups is 1. The van der Waals surface area contributed by atoms with E-state index in [1.54, 1.807) is 6.07 Å². The second-order valence-electron chi connectivity index (χ2n) is 4.28. The molecule has 0 aliphatic heterocycles. The van der Waals surface area contributed by atoms with E-state index in [0.29, 0.717) is 6.04 Å².